The highest BCUT2D eigenvalue weighted by Gasteiger charge is 2.46. The van der Waals surface area contributed by atoms with Gasteiger partial charge in [0.05, 0.1) is 12.9 Å². The molecular weight excluding hydrogens is 284 g/mol. The summed E-state index contributed by atoms with van der Waals surface area (Å²) in [5.41, 5.74) is 0. The van der Waals surface area contributed by atoms with Crippen molar-refractivity contribution in [3.8, 4) is 5.75 Å². The number of hydrogen-bond acceptors (Lipinski definition) is 8. The fraction of sp³-hybridized carbons (Fsp3) is 0.615. The molecular formula is C13H18O8. The number of furan rings is 1. The van der Waals surface area contributed by atoms with E-state index in [0.717, 1.165) is 0 Å². The predicted molar refractivity (Wildman–Crippen MR) is 67.9 cm³/mol. The summed E-state index contributed by atoms with van der Waals surface area (Å²) >= 11 is 0. The molecule has 8 heteroatoms. The number of rotatable bonds is 5. The molecule has 1 fully saturated rings. The van der Waals surface area contributed by atoms with Crippen molar-refractivity contribution >= 4 is 5.78 Å². The van der Waals surface area contributed by atoms with E-state index in [2.05, 4.69) is 0 Å². The molecule has 1 aromatic heterocycles. The molecule has 1 saturated heterocycles. The van der Waals surface area contributed by atoms with Gasteiger partial charge in [0.1, 0.15) is 24.4 Å². The van der Waals surface area contributed by atoms with Crippen LogP contribution in [-0.2, 0) is 9.47 Å². The van der Waals surface area contributed by atoms with E-state index >= 15 is 0 Å². The summed E-state index contributed by atoms with van der Waals surface area (Å²) < 4.78 is 20.7. The normalized spacial score (nSPS) is 32.9. The van der Waals surface area contributed by atoms with Gasteiger partial charge in [0, 0.05) is 20.1 Å². The molecule has 0 bridgehead atoms. The van der Waals surface area contributed by atoms with Gasteiger partial charge in [-0.1, -0.05) is 0 Å². The van der Waals surface area contributed by atoms with Crippen LogP contribution < -0.4 is 4.74 Å². The van der Waals surface area contributed by atoms with Gasteiger partial charge in [-0.15, -0.1) is 0 Å². The first-order valence-corrected chi connectivity index (χ1v) is 6.40. The Balaban J connectivity index is 2.16. The van der Waals surface area contributed by atoms with E-state index in [1.165, 1.54) is 26.4 Å². The Kier molecular flexibility index (Phi) is 4.96. The molecule has 5 atom stereocenters. The Morgan fingerprint density at radius 2 is 2.10 bits per heavy atom. The Labute approximate surface area is 120 Å². The number of ether oxygens (including phenoxy) is 3. The van der Waals surface area contributed by atoms with Crippen molar-refractivity contribution in [1.82, 2.24) is 0 Å². The highest BCUT2D eigenvalue weighted by Crippen LogP contribution is 2.28. The van der Waals surface area contributed by atoms with Crippen molar-refractivity contribution in [2.75, 3.05) is 13.7 Å². The molecule has 118 valence electrons. The van der Waals surface area contributed by atoms with E-state index < -0.39 is 37.3 Å². The number of aliphatic hydroxyl groups excluding tert-OH is 3. The lowest BCUT2D eigenvalue weighted by Gasteiger charge is -2.40. The van der Waals surface area contributed by atoms with Gasteiger partial charge in [-0.3, -0.25) is 4.79 Å². The second-order valence-electron chi connectivity index (χ2n) is 4.70. The van der Waals surface area contributed by atoms with Crippen molar-refractivity contribution in [1.29, 1.82) is 0 Å². The van der Waals surface area contributed by atoms with Crippen molar-refractivity contribution in [2.24, 2.45) is 0 Å². The predicted octanol–water partition coefficient (Wildman–Crippen LogP) is -0.685. The molecule has 0 aromatic carbocycles. The number of methoxy groups -OCH3 is 1. The second-order valence-corrected chi connectivity index (χ2v) is 4.70. The summed E-state index contributed by atoms with van der Waals surface area (Å²) in [6.45, 7) is 0.878. The van der Waals surface area contributed by atoms with Gasteiger partial charge in [0.2, 0.25) is 12.1 Å². The third kappa shape index (κ3) is 3.09. The minimum Gasteiger partial charge on any atom is -0.458 e. The van der Waals surface area contributed by atoms with Gasteiger partial charge < -0.3 is 33.9 Å². The zero-order chi connectivity index (χ0) is 15.6. The van der Waals surface area contributed by atoms with Gasteiger partial charge in [-0.2, -0.15) is 0 Å². The van der Waals surface area contributed by atoms with Crippen LogP contribution in [0.3, 0.4) is 0 Å². The van der Waals surface area contributed by atoms with Crippen molar-refractivity contribution < 1.29 is 38.7 Å². The van der Waals surface area contributed by atoms with Crippen LogP contribution in [-0.4, -0.2) is 65.5 Å². The minimum atomic E-state index is -1.41. The van der Waals surface area contributed by atoms with Crippen LogP contribution in [0, 0.1) is 0 Å². The highest BCUT2D eigenvalue weighted by molar-refractivity contribution is 5.93. The molecule has 0 aliphatic carbocycles. The molecule has 1 aliphatic heterocycles. The number of carbonyl (C=O) groups is 1. The third-order valence-corrected chi connectivity index (χ3v) is 3.28. The number of ketones is 1. The summed E-state index contributed by atoms with van der Waals surface area (Å²) in [6.07, 6.45) is -4.48. The molecule has 1 aliphatic rings. The maximum atomic E-state index is 11.3. The number of carbonyl (C=O) groups excluding carboxylic acids is 1. The van der Waals surface area contributed by atoms with E-state index in [1.807, 2.05) is 0 Å². The lowest BCUT2D eigenvalue weighted by molar-refractivity contribution is -0.282. The standard InChI is InChI=1S/C13H18O8/c1-6(15)11-7(3-4-19-11)20-13-10(17)9(16)12(18-2)8(5-14)21-13/h3-4,8-10,12-14,16-17H,5H2,1-2H3/t8?,9?,10?,12-,13+/m1/s1. The van der Waals surface area contributed by atoms with Gasteiger partial charge >= 0.3 is 0 Å². The minimum absolute atomic E-state index is 0.0188. The van der Waals surface area contributed by atoms with E-state index in [9.17, 15) is 20.1 Å². The fourth-order valence-electron chi connectivity index (χ4n) is 2.21. The molecule has 8 nitrogen and oxygen atoms in total. The number of aliphatic hydroxyl groups is 3. The first-order valence-electron chi connectivity index (χ1n) is 6.40. The SMILES string of the molecule is CO[C@@H]1C(CO)O[C@H](Oc2ccoc2C(C)=O)C(O)C1O. The Morgan fingerprint density at radius 3 is 2.67 bits per heavy atom. The maximum Gasteiger partial charge on any atom is 0.229 e. The zero-order valence-corrected chi connectivity index (χ0v) is 11.6. The van der Waals surface area contributed by atoms with Gasteiger partial charge in [0.25, 0.3) is 0 Å². The summed E-state index contributed by atoms with van der Waals surface area (Å²) in [4.78, 5) is 11.3. The average Bonchev–Trinajstić information content (AvgIpc) is 2.92. The van der Waals surface area contributed by atoms with Crippen molar-refractivity contribution in [3.63, 3.8) is 0 Å². The van der Waals surface area contributed by atoms with E-state index in [1.54, 1.807) is 0 Å². The van der Waals surface area contributed by atoms with Crippen molar-refractivity contribution in [2.45, 2.75) is 37.6 Å². The van der Waals surface area contributed by atoms with E-state index in [0.29, 0.717) is 0 Å². The molecule has 0 spiro atoms. The molecule has 0 amide bonds. The van der Waals surface area contributed by atoms with Crippen LogP contribution in [0.5, 0.6) is 5.75 Å². The monoisotopic (exact) mass is 302 g/mol. The smallest absolute Gasteiger partial charge is 0.229 e. The molecule has 0 radical (unpaired) electrons. The van der Waals surface area contributed by atoms with Crippen LogP contribution in [0.25, 0.3) is 0 Å². The fourth-order valence-corrected chi connectivity index (χ4v) is 2.21. The van der Waals surface area contributed by atoms with Crippen molar-refractivity contribution in [3.05, 3.63) is 18.1 Å². The average molecular weight is 302 g/mol. The first-order chi connectivity index (χ1) is 9.99. The molecule has 21 heavy (non-hydrogen) atoms. The second kappa shape index (κ2) is 6.54. The van der Waals surface area contributed by atoms with E-state index in [-0.39, 0.29) is 17.3 Å². The van der Waals surface area contributed by atoms with E-state index in [4.69, 9.17) is 18.6 Å². The van der Waals surface area contributed by atoms with Crippen LogP contribution in [0.1, 0.15) is 17.5 Å². The first kappa shape index (κ1) is 15.9. The number of hydrogen-bond donors (Lipinski definition) is 3. The molecule has 2 heterocycles. The summed E-state index contributed by atoms with van der Waals surface area (Å²) in [6, 6.07) is 1.40. The Morgan fingerprint density at radius 1 is 1.38 bits per heavy atom. The summed E-state index contributed by atoms with van der Waals surface area (Å²) in [7, 11) is 1.33. The molecule has 3 N–H and O–H groups in total. The summed E-state index contributed by atoms with van der Waals surface area (Å²) in [5.74, 6) is -0.282. The quantitative estimate of drug-likeness (QED) is 0.612. The highest BCUT2D eigenvalue weighted by atomic mass is 16.7. The Hall–Kier alpha value is -1.45. The molecule has 3 unspecified atom stereocenters. The van der Waals surface area contributed by atoms with Crippen LogP contribution in [0.2, 0.25) is 0 Å². The zero-order valence-electron chi connectivity index (χ0n) is 11.6. The van der Waals surface area contributed by atoms with Gasteiger partial charge in [0.15, 0.2) is 11.5 Å². The van der Waals surface area contributed by atoms with Crippen LogP contribution in [0.4, 0.5) is 0 Å². The molecule has 0 saturated carbocycles. The maximum absolute atomic E-state index is 11.3. The van der Waals surface area contributed by atoms with Gasteiger partial charge in [-0.25, -0.2) is 0 Å². The van der Waals surface area contributed by atoms with Gasteiger partial charge in [-0.05, 0) is 0 Å². The molecule has 2 rings (SSSR count). The largest absolute Gasteiger partial charge is 0.458 e. The summed E-state index contributed by atoms with van der Waals surface area (Å²) in [5, 5.41) is 29.2. The third-order valence-electron chi connectivity index (χ3n) is 3.28. The van der Waals surface area contributed by atoms with Crippen LogP contribution in [0.15, 0.2) is 16.7 Å². The lowest BCUT2D eigenvalue weighted by atomic mass is 9.99. The Bertz CT molecular complexity index is 482. The number of Topliss-reactive ketones (excluding diaryl/α,β-unsaturated/α-hetero) is 1. The molecule has 1 aromatic rings. The lowest BCUT2D eigenvalue weighted by Crippen LogP contribution is -2.60. The van der Waals surface area contributed by atoms with Crippen LogP contribution >= 0.6 is 0 Å². The topological polar surface area (TPSA) is 119 Å².